The monoisotopic (exact) mass is 404 g/mol. The molecule has 0 radical (unpaired) electrons. The summed E-state index contributed by atoms with van der Waals surface area (Å²) in [6.07, 6.45) is 1.41. The molecular weight excluding hydrogens is 387 g/mol. The zero-order chi connectivity index (χ0) is 19.8. The van der Waals surface area contributed by atoms with Crippen LogP contribution in [0, 0.1) is 5.82 Å². The Morgan fingerprint density at radius 2 is 2.11 bits per heavy atom. The first-order valence-electron chi connectivity index (χ1n) is 8.96. The summed E-state index contributed by atoms with van der Waals surface area (Å²) in [6.45, 7) is 2.79. The number of aromatic amines is 1. The second kappa shape index (κ2) is 7.31. The number of nitrogens with one attached hydrogen (secondary N) is 1. The number of likely N-dealkylation sites (tertiary alicyclic amines) is 1. The van der Waals surface area contributed by atoms with E-state index in [2.05, 4.69) is 20.3 Å². The van der Waals surface area contributed by atoms with Gasteiger partial charge in [0.15, 0.2) is 11.2 Å². The van der Waals surface area contributed by atoms with Crippen molar-refractivity contribution in [3.63, 3.8) is 0 Å². The van der Waals surface area contributed by atoms with E-state index in [-0.39, 0.29) is 45.7 Å². The van der Waals surface area contributed by atoms with Crippen LogP contribution in [0.1, 0.15) is 37.1 Å². The maximum atomic E-state index is 14.1. The van der Waals surface area contributed by atoms with Crippen molar-refractivity contribution in [1.29, 1.82) is 0 Å². The molecule has 0 aliphatic carbocycles. The second-order valence-corrected chi connectivity index (χ2v) is 7.26. The Bertz CT molecular complexity index is 1080. The van der Waals surface area contributed by atoms with Crippen molar-refractivity contribution < 1.29 is 9.18 Å². The molecule has 3 aromatic rings. The summed E-state index contributed by atoms with van der Waals surface area (Å²) < 4.78 is 15.5. The maximum Gasteiger partial charge on any atom is 0.281 e. The van der Waals surface area contributed by atoms with Gasteiger partial charge in [0.1, 0.15) is 11.6 Å². The van der Waals surface area contributed by atoms with E-state index >= 15 is 0 Å². The largest absolute Gasteiger partial charge is 0.343 e. The number of halogens is 2. The molecule has 3 heterocycles. The molecule has 1 amide bonds. The molecule has 0 saturated carbocycles. The minimum Gasteiger partial charge on any atom is -0.343 e. The first kappa shape index (κ1) is 18.5. The number of aromatic nitrogens is 5. The van der Waals surface area contributed by atoms with Crippen LogP contribution in [-0.4, -0.2) is 48.9 Å². The van der Waals surface area contributed by atoms with Crippen LogP contribution in [0.25, 0.3) is 11.2 Å². The Hall–Kier alpha value is -2.81. The van der Waals surface area contributed by atoms with Gasteiger partial charge in [-0.15, -0.1) is 5.10 Å². The number of H-pyrrole nitrogens is 1. The number of amides is 1. The summed E-state index contributed by atoms with van der Waals surface area (Å²) >= 11 is 6.10. The Kier molecular flexibility index (Phi) is 4.84. The quantitative estimate of drug-likeness (QED) is 0.720. The molecule has 0 atom stereocenters. The van der Waals surface area contributed by atoms with Gasteiger partial charge in [-0.2, -0.15) is 0 Å². The SMILES string of the molecule is CC(=O)N1CCC(c2nc3c(nnn3Cc3c(F)cccc3Cl)c(=O)[nH]2)CC1. The van der Waals surface area contributed by atoms with E-state index in [1.165, 1.54) is 16.8 Å². The third-order valence-electron chi connectivity index (χ3n) is 5.09. The Balaban J connectivity index is 1.67. The normalized spacial score (nSPS) is 15.3. The maximum absolute atomic E-state index is 14.1. The van der Waals surface area contributed by atoms with Crippen LogP contribution in [0.5, 0.6) is 0 Å². The molecule has 10 heteroatoms. The number of hydrogen-bond donors (Lipinski definition) is 1. The number of nitrogens with zero attached hydrogens (tertiary/aromatic N) is 5. The molecule has 28 heavy (non-hydrogen) atoms. The van der Waals surface area contributed by atoms with E-state index in [0.717, 1.165) is 0 Å². The summed E-state index contributed by atoms with van der Waals surface area (Å²) in [4.78, 5) is 33.1. The van der Waals surface area contributed by atoms with Crippen LogP contribution >= 0.6 is 11.6 Å². The zero-order valence-corrected chi connectivity index (χ0v) is 15.9. The van der Waals surface area contributed by atoms with E-state index in [9.17, 15) is 14.0 Å². The number of rotatable bonds is 3. The second-order valence-electron chi connectivity index (χ2n) is 6.85. The van der Waals surface area contributed by atoms with Crippen molar-refractivity contribution >= 4 is 28.7 Å². The van der Waals surface area contributed by atoms with Gasteiger partial charge in [-0.05, 0) is 25.0 Å². The van der Waals surface area contributed by atoms with Gasteiger partial charge in [-0.25, -0.2) is 14.1 Å². The van der Waals surface area contributed by atoms with Crippen LogP contribution in [0.4, 0.5) is 4.39 Å². The number of piperidine rings is 1. The molecule has 1 fully saturated rings. The summed E-state index contributed by atoms with van der Waals surface area (Å²) in [5.74, 6) is 0.134. The lowest BCUT2D eigenvalue weighted by molar-refractivity contribution is -0.129. The summed E-state index contributed by atoms with van der Waals surface area (Å²) in [5, 5.41) is 8.11. The lowest BCUT2D eigenvalue weighted by atomic mass is 9.96. The van der Waals surface area contributed by atoms with Crippen molar-refractivity contribution in [2.24, 2.45) is 0 Å². The number of benzene rings is 1. The fourth-order valence-corrected chi connectivity index (χ4v) is 3.71. The van der Waals surface area contributed by atoms with E-state index < -0.39 is 5.82 Å². The number of fused-ring (bicyclic) bond motifs is 1. The van der Waals surface area contributed by atoms with Gasteiger partial charge in [0.2, 0.25) is 5.91 Å². The van der Waals surface area contributed by atoms with Gasteiger partial charge < -0.3 is 9.88 Å². The standard InChI is InChI=1S/C18H18ClFN6O2/c1-10(27)25-7-5-11(6-8-25)16-21-17-15(18(28)22-16)23-24-26(17)9-12-13(19)3-2-4-14(12)20/h2-4,11H,5-9H2,1H3,(H,21,22,28). The fraction of sp³-hybridized carbons (Fsp3) is 0.389. The molecule has 146 valence electrons. The summed E-state index contributed by atoms with van der Waals surface area (Å²) in [5.41, 5.74) is 0.249. The molecule has 2 aromatic heterocycles. The van der Waals surface area contributed by atoms with Crippen LogP contribution in [-0.2, 0) is 11.3 Å². The highest BCUT2D eigenvalue weighted by molar-refractivity contribution is 6.31. The number of carbonyl (C=O) groups excluding carboxylic acids is 1. The van der Waals surface area contributed by atoms with Crippen molar-refractivity contribution in [1.82, 2.24) is 29.9 Å². The van der Waals surface area contributed by atoms with E-state index in [0.29, 0.717) is 31.8 Å². The van der Waals surface area contributed by atoms with Crippen molar-refractivity contribution in [2.75, 3.05) is 13.1 Å². The summed E-state index contributed by atoms with van der Waals surface area (Å²) in [6, 6.07) is 4.43. The zero-order valence-electron chi connectivity index (χ0n) is 15.2. The molecule has 0 spiro atoms. The Labute approximate surface area is 164 Å². The Morgan fingerprint density at radius 1 is 1.36 bits per heavy atom. The molecule has 1 saturated heterocycles. The van der Waals surface area contributed by atoms with E-state index in [1.54, 1.807) is 17.9 Å². The average Bonchev–Trinajstić information content (AvgIpc) is 3.08. The van der Waals surface area contributed by atoms with Gasteiger partial charge in [-0.3, -0.25) is 9.59 Å². The molecule has 8 nitrogen and oxygen atoms in total. The van der Waals surface area contributed by atoms with Crippen molar-refractivity contribution in [3.05, 3.63) is 50.8 Å². The Morgan fingerprint density at radius 3 is 2.79 bits per heavy atom. The van der Waals surface area contributed by atoms with Gasteiger partial charge >= 0.3 is 0 Å². The highest BCUT2D eigenvalue weighted by Crippen LogP contribution is 2.26. The predicted molar refractivity (Wildman–Crippen MR) is 101 cm³/mol. The predicted octanol–water partition coefficient (Wildman–Crippen LogP) is 2.08. The number of carbonyl (C=O) groups is 1. The molecule has 0 bridgehead atoms. The molecule has 0 unspecified atom stereocenters. The van der Waals surface area contributed by atoms with E-state index in [4.69, 9.17) is 11.6 Å². The fourth-order valence-electron chi connectivity index (χ4n) is 3.48. The van der Waals surface area contributed by atoms with Gasteiger partial charge in [0.25, 0.3) is 5.56 Å². The molecule has 1 aliphatic rings. The van der Waals surface area contributed by atoms with E-state index in [1.807, 2.05) is 0 Å². The van der Waals surface area contributed by atoms with Gasteiger partial charge in [0.05, 0.1) is 6.54 Å². The molecule has 1 N–H and O–H groups in total. The van der Waals surface area contributed by atoms with Crippen molar-refractivity contribution in [2.45, 2.75) is 32.2 Å². The topological polar surface area (TPSA) is 96.8 Å². The first-order chi connectivity index (χ1) is 13.4. The highest BCUT2D eigenvalue weighted by Gasteiger charge is 2.25. The molecule has 4 rings (SSSR count). The lowest BCUT2D eigenvalue weighted by Crippen LogP contribution is -2.37. The third-order valence-corrected chi connectivity index (χ3v) is 5.44. The smallest absolute Gasteiger partial charge is 0.281 e. The molecular formula is C18H18ClFN6O2. The summed E-state index contributed by atoms with van der Waals surface area (Å²) in [7, 11) is 0. The van der Waals surface area contributed by atoms with Crippen LogP contribution < -0.4 is 5.56 Å². The van der Waals surface area contributed by atoms with Crippen LogP contribution in [0.15, 0.2) is 23.0 Å². The van der Waals surface area contributed by atoms with Crippen LogP contribution in [0.2, 0.25) is 5.02 Å². The number of hydrogen-bond acceptors (Lipinski definition) is 5. The van der Waals surface area contributed by atoms with Gasteiger partial charge in [-0.1, -0.05) is 22.9 Å². The lowest BCUT2D eigenvalue weighted by Gasteiger charge is -2.30. The molecule has 1 aliphatic heterocycles. The first-order valence-corrected chi connectivity index (χ1v) is 9.33. The highest BCUT2D eigenvalue weighted by atomic mass is 35.5. The van der Waals surface area contributed by atoms with Crippen molar-refractivity contribution in [3.8, 4) is 0 Å². The molecule has 1 aromatic carbocycles. The van der Waals surface area contributed by atoms with Gasteiger partial charge in [0, 0.05) is 36.5 Å². The minimum atomic E-state index is -0.460. The average molecular weight is 405 g/mol. The minimum absolute atomic E-state index is 0.0146. The van der Waals surface area contributed by atoms with Crippen LogP contribution in [0.3, 0.4) is 0 Å². The third kappa shape index (κ3) is 3.37.